The van der Waals surface area contributed by atoms with E-state index in [0.29, 0.717) is 51.4 Å². The highest BCUT2D eigenvalue weighted by atomic mass is 16.6. The normalized spacial score (nSPS) is 21.6. The molecule has 7 heteroatoms. The number of ether oxygens (including phenoxy) is 1. The molecule has 0 aromatic heterocycles. The van der Waals surface area contributed by atoms with Crippen molar-refractivity contribution in [3.05, 3.63) is 0 Å². The Morgan fingerprint density at radius 2 is 1.83 bits per heavy atom. The van der Waals surface area contributed by atoms with Crippen LogP contribution in [-0.4, -0.2) is 65.5 Å². The molecular formula is C22H39N3O4. The van der Waals surface area contributed by atoms with Crippen molar-refractivity contribution in [1.82, 2.24) is 15.1 Å². The number of hydrogen-bond acceptors (Lipinski definition) is 4. The van der Waals surface area contributed by atoms with Gasteiger partial charge in [-0.15, -0.1) is 0 Å². The number of rotatable bonds is 9. The molecule has 2 rings (SSSR count). The Morgan fingerprint density at radius 1 is 1.14 bits per heavy atom. The lowest BCUT2D eigenvalue weighted by molar-refractivity contribution is -0.161. The third-order valence-corrected chi connectivity index (χ3v) is 6.04. The molecule has 1 N–H and O–H groups in total. The van der Waals surface area contributed by atoms with Crippen molar-refractivity contribution < 1.29 is 19.1 Å². The van der Waals surface area contributed by atoms with Gasteiger partial charge in [0.15, 0.2) is 0 Å². The van der Waals surface area contributed by atoms with Crippen LogP contribution in [0.25, 0.3) is 0 Å². The van der Waals surface area contributed by atoms with E-state index in [1.165, 1.54) is 0 Å². The molecule has 2 heterocycles. The average molecular weight is 410 g/mol. The summed E-state index contributed by atoms with van der Waals surface area (Å²) in [7, 11) is 0. The maximum absolute atomic E-state index is 13.1. The van der Waals surface area contributed by atoms with Gasteiger partial charge in [-0.05, 0) is 38.0 Å². The number of amides is 3. The van der Waals surface area contributed by atoms with Gasteiger partial charge in [-0.3, -0.25) is 9.59 Å². The van der Waals surface area contributed by atoms with E-state index >= 15 is 0 Å². The third kappa shape index (κ3) is 5.64. The first-order chi connectivity index (χ1) is 13.9. The molecular weight excluding hydrogens is 370 g/mol. The van der Waals surface area contributed by atoms with Crippen molar-refractivity contribution in [2.45, 2.75) is 90.6 Å². The third-order valence-electron chi connectivity index (χ3n) is 6.04. The van der Waals surface area contributed by atoms with Gasteiger partial charge < -0.3 is 19.9 Å². The van der Waals surface area contributed by atoms with Crippen LogP contribution in [-0.2, 0) is 14.3 Å². The van der Waals surface area contributed by atoms with Crippen LogP contribution in [0.3, 0.4) is 0 Å². The highest BCUT2D eigenvalue weighted by Crippen LogP contribution is 2.34. The van der Waals surface area contributed by atoms with E-state index in [0.717, 1.165) is 32.1 Å². The molecule has 2 fully saturated rings. The number of unbranched alkanes of at least 4 members (excludes halogenated alkanes) is 3. The van der Waals surface area contributed by atoms with Gasteiger partial charge in [0.05, 0.1) is 6.61 Å². The molecule has 0 radical (unpaired) electrons. The molecule has 1 spiro atoms. The minimum Gasteiger partial charge on any atom is -0.449 e. The first kappa shape index (κ1) is 23.5. The molecule has 0 aliphatic carbocycles. The Kier molecular flexibility index (Phi) is 8.78. The Morgan fingerprint density at radius 3 is 2.41 bits per heavy atom. The molecule has 0 bridgehead atoms. The van der Waals surface area contributed by atoms with E-state index in [1.807, 2.05) is 6.92 Å². The molecule has 29 heavy (non-hydrogen) atoms. The zero-order chi connectivity index (χ0) is 21.4. The number of piperidine rings is 1. The lowest BCUT2D eigenvalue weighted by atomic mass is 9.81. The molecule has 1 unspecified atom stereocenters. The Labute approximate surface area is 175 Å². The van der Waals surface area contributed by atoms with Gasteiger partial charge in [-0.2, -0.15) is 0 Å². The summed E-state index contributed by atoms with van der Waals surface area (Å²) in [5.41, 5.74) is -0.835. The van der Waals surface area contributed by atoms with Gasteiger partial charge in [0.25, 0.3) is 0 Å². The topological polar surface area (TPSA) is 79.0 Å². The summed E-state index contributed by atoms with van der Waals surface area (Å²) in [6.07, 6.45) is 6.32. The van der Waals surface area contributed by atoms with E-state index in [4.69, 9.17) is 4.74 Å². The molecule has 0 aromatic carbocycles. The van der Waals surface area contributed by atoms with Gasteiger partial charge in [0.2, 0.25) is 11.8 Å². The van der Waals surface area contributed by atoms with E-state index in [-0.39, 0.29) is 17.9 Å². The quantitative estimate of drug-likeness (QED) is 0.593. The second-order valence-electron chi connectivity index (χ2n) is 8.84. The maximum Gasteiger partial charge on any atom is 0.409 e. The number of carbonyl (C=O) groups is 3. The number of likely N-dealkylation sites (tertiary alicyclic amines) is 1. The molecule has 166 valence electrons. The molecule has 3 amide bonds. The predicted molar refractivity (Wildman–Crippen MR) is 112 cm³/mol. The van der Waals surface area contributed by atoms with Crippen LogP contribution >= 0.6 is 0 Å². The van der Waals surface area contributed by atoms with Crippen LogP contribution in [0.1, 0.15) is 79.1 Å². The monoisotopic (exact) mass is 409 g/mol. The first-order valence-corrected chi connectivity index (χ1v) is 11.4. The molecule has 7 nitrogen and oxygen atoms in total. The minimum absolute atomic E-state index is 0.0205. The first-order valence-electron chi connectivity index (χ1n) is 11.4. The second-order valence-corrected chi connectivity index (χ2v) is 8.84. The Hall–Kier alpha value is -1.79. The molecule has 2 aliphatic rings. The highest BCUT2D eigenvalue weighted by Gasteiger charge is 2.53. The summed E-state index contributed by atoms with van der Waals surface area (Å²) in [5, 5.41) is 2.98. The molecule has 0 saturated carbocycles. The van der Waals surface area contributed by atoms with Crippen LogP contribution in [0.15, 0.2) is 0 Å². The van der Waals surface area contributed by atoms with Crippen LogP contribution in [0.2, 0.25) is 0 Å². The summed E-state index contributed by atoms with van der Waals surface area (Å²) in [5.74, 6) is 0.284. The number of piperazine rings is 1. The number of nitrogens with one attached hydrogen (secondary N) is 1. The van der Waals surface area contributed by atoms with E-state index in [1.54, 1.807) is 9.80 Å². The maximum atomic E-state index is 13.1. The summed E-state index contributed by atoms with van der Waals surface area (Å²) in [6, 6.07) is -0.439. The predicted octanol–water partition coefficient (Wildman–Crippen LogP) is 3.32. The number of carbonyl (C=O) groups excluding carboxylic acids is 3. The van der Waals surface area contributed by atoms with Gasteiger partial charge in [0.1, 0.15) is 11.6 Å². The molecule has 2 saturated heterocycles. The van der Waals surface area contributed by atoms with Crippen molar-refractivity contribution in [2.24, 2.45) is 5.92 Å². The Bertz CT molecular complexity index is 570. The molecule has 2 aliphatic heterocycles. The average Bonchev–Trinajstić information content (AvgIpc) is 2.69. The lowest BCUT2D eigenvalue weighted by Gasteiger charge is -2.51. The zero-order valence-corrected chi connectivity index (χ0v) is 18.7. The fraction of sp³-hybridized carbons (Fsp3) is 0.864. The largest absolute Gasteiger partial charge is 0.449 e. The fourth-order valence-corrected chi connectivity index (χ4v) is 4.39. The van der Waals surface area contributed by atoms with E-state index in [9.17, 15) is 14.4 Å². The van der Waals surface area contributed by atoms with Gasteiger partial charge in [-0.25, -0.2) is 4.79 Å². The molecule has 1 atom stereocenters. The molecule has 0 aromatic rings. The standard InChI is InChI=1S/C22H39N3O4/c1-5-7-8-9-15-29-21(28)24-13-10-22(11-14-24)20(27)23-18(16-17(3)4)19(26)25(22)12-6-2/h17-18H,5-16H2,1-4H3,(H,23,27). The summed E-state index contributed by atoms with van der Waals surface area (Å²) >= 11 is 0. The van der Waals surface area contributed by atoms with Crippen LogP contribution in [0, 0.1) is 5.92 Å². The van der Waals surface area contributed by atoms with Gasteiger partial charge >= 0.3 is 6.09 Å². The highest BCUT2D eigenvalue weighted by molar-refractivity contribution is 6.00. The van der Waals surface area contributed by atoms with Crippen molar-refractivity contribution in [3.8, 4) is 0 Å². The van der Waals surface area contributed by atoms with Crippen molar-refractivity contribution in [2.75, 3.05) is 26.2 Å². The zero-order valence-electron chi connectivity index (χ0n) is 18.7. The van der Waals surface area contributed by atoms with Gasteiger partial charge in [-0.1, -0.05) is 47.0 Å². The summed E-state index contributed by atoms with van der Waals surface area (Å²) < 4.78 is 5.39. The summed E-state index contributed by atoms with van der Waals surface area (Å²) in [6.45, 7) is 10.2. The summed E-state index contributed by atoms with van der Waals surface area (Å²) in [4.78, 5) is 42.0. The van der Waals surface area contributed by atoms with Crippen molar-refractivity contribution >= 4 is 17.9 Å². The van der Waals surface area contributed by atoms with Crippen LogP contribution < -0.4 is 5.32 Å². The van der Waals surface area contributed by atoms with E-state index in [2.05, 4.69) is 26.1 Å². The van der Waals surface area contributed by atoms with Gasteiger partial charge in [0, 0.05) is 19.6 Å². The second kappa shape index (κ2) is 10.8. The van der Waals surface area contributed by atoms with Crippen LogP contribution in [0.5, 0.6) is 0 Å². The van der Waals surface area contributed by atoms with Crippen molar-refractivity contribution in [1.29, 1.82) is 0 Å². The Balaban J connectivity index is 1.98. The fourth-order valence-electron chi connectivity index (χ4n) is 4.39. The SMILES string of the molecule is CCCCCCOC(=O)N1CCC2(CC1)C(=O)NC(CC(C)C)C(=O)N2CCC. The minimum atomic E-state index is -0.835. The lowest BCUT2D eigenvalue weighted by Crippen LogP contribution is -2.73. The van der Waals surface area contributed by atoms with Crippen molar-refractivity contribution in [3.63, 3.8) is 0 Å². The number of nitrogens with zero attached hydrogens (tertiary/aromatic N) is 2. The smallest absolute Gasteiger partial charge is 0.409 e. The van der Waals surface area contributed by atoms with E-state index < -0.39 is 11.6 Å². The number of hydrogen-bond donors (Lipinski definition) is 1. The van der Waals surface area contributed by atoms with Crippen LogP contribution in [0.4, 0.5) is 4.79 Å².